The molecule has 6 aromatic carbocycles. The second kappa shape index (κ2) is 11.1. The van der Waals surface area contributed by atoms with Gasteiger partial charge in [-0.2, -0.15) is 0 Å². The van der Waals surface area contributed by atoms with Gasteiger partial charge in [0.05, 0.1) is 15.7 Å². The predicted octanol–water partition coefficient (Wildman–Crippen LogP) is 12.3. The molecule has 1 aliphatic carbocycles. The van der Waals surface area contributed by atoms with Gasteiger partial charge in [0.25, 0.3) is 0 Å². The molecule has 240 valence electrons. The monoisotopic (exact) mass is 672 g/mol. The van der Waals surface area contributed by atoms with Crippen molar-refractivity contribution in [3.05, 3.63) is 151 Å². The number of nitrogens with zero attached hydrogens (tertiary/aromatic N) is 4. The quantitative estimate of drug-likeness (QED) is 0.187. The van der Waals surface area contributed by atoms with Crippen LogP contribution in [0.15, 0.2) is 150 Å². The molecule has 0 bridgehead atoms. The minimum atomic E-state index is 0.683. The number of fused-ring (bicyclic) bond motifs is 10. The number of hydrogen-bond acceptors (Lipinski definition) is 5. The molecule has 0 radical (unpaired) electrons. The molecule has 10 aromatic rings. The third-order valence-corrected chi connectivity index (χ3v) is 11.4. The molecule has 4 aromatic heterocycles. The van der Waals surface area contributed by atoms with Gasteiger partial charge in [0.2, 0.25) is 0 Å². The Labute approximate surface area is 296 Å². The highest BCUT2D eigenvalue weighted by molar-refractivity contribution is 7.27. The summed E-state index contributed by atoms with van der Waals surface area (Å²) in [5.74, 6) is 2.10. The standard InChI is InChI=1S/C45H28N4OS/c1-3-12-27(13-4-1)43-46-44(28-14-5-2-6-15-28)48-45(47-43)36-19-11-18-34-35-25-24-33-32-23-22-29(26-39(32)50-40(33)42(35)51-41(34)36)49-37-20-9-7-16-30(37)31-17-8-10-21-38(31)49/h1-5,7-14,16-26H,6,15H2. The Balaban J connectivity index is 1.11. The Morgan fingerprint density at radius 1 is 0.569 bits per heavy atom. The molecule has 5 nitrogen and oxygen atoms in total. The summed E-state index contributed by atoms with van der Waals surface area (Å²) in [7, 11) is 0. The van der Waals surface area contributed by atoms with Crippen LogP contribution in [0.25, 0.3) is 98.0 Å². The van der Waals surface area contributed by atoms with Crippen LogP contribution in [0.2, 0.25) is 0 Å². The van der Waals surface area contributed by atoms with Crippen LogP contribution in [0.3, 0.4) is 0 Å². The molecule has 0 spiro atoms. The summed E-state index contributed by atoms with van der Waals surface area (Å²) in [4.78, 5) is 15.1. The van der Waals surface area contributed by atoms with Gasteiger partial charge in [-0.3, -0.25) is 0 Å². The number of rotatable bonds is 4. The molecule has 0 saturated carbocycles. The first-order chi connectivity index (χ1) is 25.3. The summed E-state index contributed by atoms with van der Waals surface area (Å²) in [5, 5.41) is 7.06. The number of thiophene rings is 1. The third-order valence-electron chi connectivity index (χ3n) is 10.1. The lowest BCUT2D eigenvalue weighted by Gasteiger charge is -2.12. The van der Waals surface area contributed by atoms with Gasteiger partial charge in [-0.15, -0.1) is 11.3 Å². The minimum Gasteiger partial charge on any atom is -0.454 e. The van der Waals surface area contributed by atoms with E-state index in [4.69, 9.17) is 19.4 Å². The summed E-state index contributed by atoms with van der Waals surface area (Å²) in [6, 6.07) is 44.9. The second-order valence-electron chi connectivity index (χ2n) is 13.1. The molecule has 11 rings (SSSR count). The van der Waals surface area contributed by atoms with Crippen LogP contribution in [0, 0.1) is 0 Å². The van der Waals surface area contributed by atoms with Crippen molar-refractivity contribution in [2.75, 3.05) is 0 Å². The number of furan rings is 1. The molecule has 0 aliphatic heterocycles. The largest absolute Gasteiger partial charge is 0.454 e. The highest BCUT2D eigenvalue weighted by Gasteiger charge is 2.21. The lowest BCUT2D eigenvalue weighted by molar-refractivity contribution is 0.673. The Bertz CT molecular complexity index is 3040. The number of aromatic nitrogens is 4. The fourth-order valence-electron chi connectivity index (χ4n) is 7.74. The molecular formula is C45H28N4OS. The van der Waals surface area contributed by atoms with Crippen molar-refractivity contribution >= 4 is 80.8 Å². The van der Waals surface area contributed by atoms with Crippen molar-refractivity contribution in [3.8, 4) is 28.5 Å². The zero-order chi connectivity index (χ0) is 33.5. The van der Waals surface area contributed by atoms with E-state index >= 15 is 0 Å². The van der Waals surface area contributed by atoms with Gasteiger partial charge in [-0.25, -0.2) is 15.0 Å². The second-order valence-corrected chi connectivity index (χ2v) is 14.1. The van der Waals surface area contributed by atoms with E-state index in [1.165, 1.54) is 32.6 Å². The SMILES string of the molecule is C1=CCCC(c2nc(-c3ccccc3)nc(-c3cccc4c3sc3c4ccc4c5ccc(-n6c7ccccc7c7ccccc76)cc5oc43)n2)=C1. The molecular weight excluding hydrogens is 645 g/mol. The van der Waals surface area contributed by atoms with Crippen molar-refractivity contribution < 1.29 is 4.42 Å². The van der Waals surface area contributed by atoms with Gasteiger partial charge in [-0.1, -0.05) is 103 Å². The summed E-state index contributed by atoms with van der Waals surface area (Å²) in [6.07, 6.45) is 8.30. The van der Waals surface area contributed by atoms with E-state index in [1.807, 2.05) is 18.2 Å². The molecule has 0 atom stereocenters. The highest BCUT2D eigenvalue weighted by Crippen LogP contribution is 2.45. The first-order valence-corrected chi connectivity index (χ1v) is 18.1. The number of benzene rings is 6. The summed E-state index contributed by atoms with van der Waals surface area (Å²) < 4.78 is 11.4. The van der Waals surface area contributed by atoms with Gasteiger partial charge < -0.3 is 8.98 Å². The Morgan fingerprint density at radius 3 is 2.06 bits per heavy atom. The molecule has 0 amide bonds. The van der Waals surface area contributed by atoms with Crippen LogP contribution in [0.5, 0.6) is 0 Å². The Morgan fingerprint density at radius 2 is 1.25 bits per heavy atom. The smallest absolute Gasteiger partial charge is 0.165 e. The van der Waals surface area contributed by atoms with Crippen LogP contribution in [-0.4, -0.2) is 19.5 Å². The van der Waals surface area contributed by atoms with Gasteiger partial charge in [0, 0.05) is 59.9 Å². The number of para-hydroxylation sites is 2. The van der Waals surface area contributed by atoms with Crippen molar-refractivity contribution in [1.29, 1.82) is 0 Å². The molecule has 1 aliphatic rings. The first kappa shape index (κ1) is 28.5. The summed E-state index contributed by atoms with van der Waals surface area (Å²) in [6.45, 7) is 0. The normalized spacial score (nSPS) is 13.4. The maximum Gasteiger partial charge on any atom is 0.165 e. The molecule has 6 heteroatoms. The topological polar surface area (TPSA) is 56.7 Å². The average molecular weight is 673 g/mol. The van der Waals surface area contributed by atoms with E-state index in [1.54, 1.807) is 11.3 Å². The predicted molar refractivity (Wildman–Crippen MR) is 212 cm³/mol. The first-order valence-electron chi connectivity index (χ1n) is 17.3. The molecule has 4 heterocycles. The number of allylic oxidation sites excluding steroid dienone is 4. The zero-order valence-electron chi connectivity index (χ0n) is 27.4. The van der Waals surface area contributed by atoms with E-state index in [2.05, 4.69) is 132 Å². The van der Waals surface area contributed by atoms with E-state index in [-0.39, 0.29) is 0 Å². The third kappa shape index (κ3) is 4.36. The molecule has 0 fully saturated rings. The van der Waals surface area contributed by atoms with Crippen molar-refractivity contribution in [2.24, 2.45) is 0 Å². The fraction of sp³-hybridized carbons (Fsp3) is 0.0444. The van der Waals surface area contributed by atoms with E-state index in [0.29, 0.717) is 11.6 Å². The maximum atomic E-state index is 6.82. The van der Waals surface area contributed by atoms with Crippen LogP contribution in [0.1, 0.15) is 18.7 Å². The van der Waals surface area contributed by atoms with E-state index < -0.39 is 0 Å². The van der Waals surface area contributed by atoms with Gasteiger partial charge >= 0.3 is 0 Å². The van der Waals surface area contributed by atoms with Gasteiger partial charge in [0.1, 0.15) is 5.58 Å². The molecule has 51 heavy (non-hydrogen) atoms. The van der Waals surface area contributed by atoms with Crippen molar-refractivity contribution in [3.63, 3.8) is 0 Å². The summed E-state index contributed by atoms with van der Waals surface area (Å²) >= 11 is 1.75. The van der Waals surface area contributed by atoms with E-state index in [9.17, 15) is 0 Å². The van der Waals surface area contributed by atoms with Crippen LogP contribution < -0.4 is 0 Å². The van der Waals surface area contributed by atoms with Gasteiger partial charge in [0.15, 0.2) is 23.1 Å². The number of hydrogen-bond donors (Lipinski definition) is 0. The highest BCUT2D eigenvalue weighted by atomic mass is 32.1. The molecule has 0 N–H and O–H groups in total. The molecule has 0 unspecified atom stereocenters. The zero-order valence-corrected chi connectivity index (χ0v) is 28.2. The minimum absolute atomic E-state index is 0.683. The van der Waals surface area contributed by atoms with Crippen molar-refractivity contribution in [2.45, 2.75) is 12.8 Å². The van der Waals surface area contributed by atoms with Crippen LogP contribution in [0.4, 0.5) is 0 Å². The van der Waals surface area contributed by atoms with Gasteiger partial charge in [-0.05, 0) is 54.8 Å². The average Bonchev–Trinajstić information content (AvgIpc) is 3.88. The lowest BCUT2D eigenvalue weighted by Crippen LogP contribution is -2.03. The van der Waals surface area contributed by atoms with Crippen LogP contribution in [-0.2, 0) is 0 Å². The lowest BCUT2D eigenvalue weighted by atomic mass is 10.0. The van der Waals surface area contributed by atoms with Crippen molar-refractivity contribution in [1.82, 2.24) is 19.5 Å². The summed E-state index contributed by atoms with van der Waals surface area (Å²) in [5.41, 5.74) is 8.34. The fourth-order valence-corrected chi connectivity index (χ4v) is 9.03. The van der Waals surface area contributed by atoms with E-state index in [0.717, 1.165) is 72.4 Å². The maximum absolute atomic E-state index is 6.82. The van der Waals surface area contributed by atoms with Crippen LogP contribution >= 0.6 is 11.3 Å². The Hall–Kier alpha value is -6.37. The Kier molecular flexibility index (Phi) is 6.18. The molecule has 0 saturated heterocycles.